The molecule has 3 rings (SSSR count). The van der Waals surface area contributed by atoms with E-state index >= 15 is 0 Å². The summed E-state index contributed by atoms with van der Waals surface area (Å²) < 4.78 is 7.37. The summed E-state index contributed by atoms with van der Waals surface area (Å²) in [7, 11) is 0. The Labute approximate surface area is 103 Å². The van der Waals surface area contributed by atoms with Crippen LogP contribution in [-0.2, 0) is 10.6 Å². The molecule has 1 aliphatic heterocycles. The monoisotopic (exact) mass is 256 g/mol. The minimum atomic E-state index is 0.361. The second-order valence-corrected chi connectivity index (χ2v) is 4.56. The van der Waals surface area contributed by atoms with E-state index in [1.165, 1.54) is 0 Å². The van der Waals surface area contributed by atoms with Crippen LogP contribution < -0.4 is 0 Å². The number of hydrogen-bond donors (Lipinski definition) is 0. The van der Waals surface area contributed by atoms with Crippen LogP contribution >= 0.6 is 23.2 Å². The minimum Gasteiger partial charge on any atom is -0.377 e. The lowest BCUT2D eigenvalue weighted by atomic mass is 10.2. The number of alkyl halides is 1. The number of ether oxygens (including phenoxy) is 1. The molecule has 2 heterocycles. The molecule has 1 fully saturated rings. The highest BCUT2D eigenvalue weighted by atomic mass is 35.5. The maximum Gasteiger partial charge on any atom is 0.125 e. The Balaban J connectivity index is 2.22. The first-order valence-electron chi connectivity index (χ1n) is 5.09. The van der Waals surface area contributed by atoms with Gasteiger partial charge in [0.05, 0.1) is 36.2 Å². The fraction of sp³-hybridized carbons (Fsp3) is 0.364. The molecule has 5 heteroatoms. The molecule has 2 aromatic rings. The van der Waals surface area contributed by atoms with Gasteiger partial charge in [-0.1, -0.05) is 11.6 Å². The molecule has 0 unspecified atom stereocenters. The Bertz CT molecular complexity index is 534. The van der Waals surface area contributed by atoms with Crippen LogP contribution in [0.15, 0.2) is 18.2 Å². The zero-order valence-electron chi connectivity index (χ0n) is 8.49. The van der Waals surface area contributed by atoms with Crippen molar-refractivity contribution in [2.75, 3.05) is 13.2 Å². The largest absolute Gasteiger partial charge is 0.377 e. The standard InChI is InChI=1S/C11H10Cl2N2O/c12-4-11-14-9-3-7(13)1-2-10(9)15(11)8-5-16-6-8/h1-3,8H,4-6H2. The first-order chi connectivity index (χ1) is 7.79. The molecule has 1 aromatic heterocycles. The van der Waals surface area contributed by atoms with Crippen LogP contribution in [-0.4, -0.2) is 22.8 Å². The highest BCUT2D eigenvalue weighted by Gasteiger charge is 2.25. The summed E-state index contributed by atoms with van der Waals surface area (Å²) in [5, 5.41) is 0.697. The minimum absolute atomic E-state index is 0.361. The van der Waals surface area contributed by atoms with Crippen LogP contribution in [0.1, 0.15) is 11.9 Å². The van der Waals surface area contributed by atoms with Gasteiger partial charge in [-0.2, -0.15) is 0 Å². The van der Waals surface area contributed by atoms with Gasteiger partial charge in [0.25, 0.3) is 0 Å². The third kappa shape index (κ3) is 1.51. The zero-order chi connectivity index (χ0) is 11.1. The number of imidazole rings is 1. The molecule has 0 bridgehead atoms. The van der Waals surface area contributed by atoms with Crippen molar-refractivity contribution in [3.05, 3.63) is 29.0 Å². The smallest absolute Gasteiger partial charge is 0.125 e. The number of halogens is 2. The molecule has 0 radical (unpaired) electrons. The summed E-state index contributed by atoms with van der Waals surface area (Å²) in [6, 6.07) is 6.08. The lowest BCUT2D eigenvalue weighted by Gasteiger charge is -2.29. The number of aromatic nitrogens is 2. The highest BCUT2D eigenvalue weighted by Crippen LogP contribution is 2.28. The van der Waals surface area contributed by atoms with Gasteiger partial charge >= 0.3 is 0 Å². The maximum atomic E-state index is 5.94. The van der Waals surface area contributed by atoms with E-state index in [1.807, 2.05) is 18.2 Å². The molecule has 3 nitrogen and oxygen atoms in total. The van der Waals surface area contributed by atoms with Crippen LogP contribution in [0.2, 0.25) is 5.02 Å². The molecule has 16 heavy (non-hydrogen) atoms. The molecule has 1 aromatic carbocycles. The maximum absolute atomic E-state index is 5.94. The molecule has 0 saturated carbocycles. The Kier molecular flexibility index (Phi) is 2.54. The van der Waals surface area contributed by atoms with E-state index in [0.717, 1.165) is 30.1 Å². The number of hydrogen-bond acceptors (Lipinski definition) is 2. The van der Waals surface area contributed by atoms with Crippen molar-refractivity contribution in [1.82, 2.24) is 9.55 Å². The van der Waals surface area contributed by atoms with E-state index in [9.17, 15) is 0 Å². The van der Waals surface area contributed by atoms with E-state index in [0.29, 0.717) is 16.9 Å². The Morgan fingerprint density at radius 1 is 1.44 bits per heavy atom. The summed E-state index contributed by atoms with van der Waals surface area (Å²) in [5.41, 5.74) is 1.98. The van der Waals surface area contributed by atoms with Crippen molar-refractivity contribution in [2.24, 2.45) is 0 Å². The van der Waals surface area contributed by atoms with E-state index in [1.54, 1.807) is 0 Å². The molecule has 0 N–H and O–H groups in total. The van der Waals surface area contributed by atoms with Crippen LogP contribution in [0, 0.1) is 0 Å². The van der Waals surface area contributed by atoms with Gasteiger partial charge in [-0.25, -0.2) is 4.98 Å². The van der Waals surface area contributed by atoms with Crippen molar-refractivity contribution in [3.63, 3.8) is 0 Å². The van der Waals surface area contributed by atoms with Crippen molar-refractivity contribution in [1.29, 1.82) is 0 Å². The van der Waals surface area contributed by atoms with Gasteiger partial charge in [0.15, 0.2) is 0 Å². The fourth-order valence-corrected chi connectivity index (χ4v) is 2.35. The first kappa shape index (κ1) is 10.4. The van der Waals surface area contributed by atoms with E-state index in [4.69, 9.17) is 27.9 Å². The highest BCUT2D eigenvalue weighted by molar-refractivity contribution is 6.31. The zero-order valence-corrected chi connectivity index (χ0v) is 10.0. The molecule has 84 valence electrons. The predicted molar refractivity (Wildman–Crippen MR) is 64.2 cm³/mol. The summed E-state index contributed by atoms with van der Waals surface area (Å²) in [5.74, 6) is 1.29. The number of nitrogens with zero attached hydrogens (tertiary/aromatic N) is 2. The molecular weight excluding hydrogens is 247 g/mol. The van der Waals surface area contributed by atoms with Crippen molar-refractivity contribution in [3.8, 4) is 0 Å². The van der Waals surface area contributed by atoms with E-state index < -0.39 is 0 Å². The average Bonchev–Trinajstić information content (AvgIpc) is 2.54. The van der Waals surface area contributed by atoms with Crippen LogP contribution in [0.25, 0.3) is 11.0 Å². The third-order valence-electron chi connectivity index (χ3n) is 2.83. The Hall–Kier alpha value is -0.770. The number of benzene rings is 1. The van der Waals surface area contributed by atoms with Crippen molar-refractivity contribution < 1.29 is 4.74 Å². The molecule has 0 spiro atoms. The average molecular weight is 257 g/mol. The summed E-state index contributed by atoms with van der Waals surface area (Å²) in [6.07, 6.45) is 0. The van der Waals surface area contributed by atoms with Gasteiger partial charge in [-0.05, 0) is 18.2 Å². The Morgan fingerprint density at radius 2 is 2.25 bits per heavy atom. The summed E-state index contributed by atoms with van der Waals surface area (Å²) in [6.45, 7) is 1.47. The second-order valence-electron chi connectivity index (χ2n) is 3.86. The molecule has 1 saturated heterocycles. The van der Waals surface area contributed by atoms with Crippen LogP contribution in [0.5, 0.6) is 0 Å². The lowest BCUT2D eigenvalue weighted by Crippen LogP contribution is -2.31. The molecule has 1 aliphatic rings. The van der Waals surface area contributed by atoms with Gasteiger partial charge in [0.1, 0.15) is 5.82 Å². The number of fused-ring (bicyclic) bond motifs is 1. The van der Waals surface area contributed by atoms with Crippen molar-refractivity contribution >= 4 is 34.2 Å². The lowest BCUT2D eigenvalue weighted by molar-refractivity contribution is -0.0225. The van der Waals surface area contributed by atoms with Crippen LogP contribution in [0.4, 0.5) is 0 Å². The molecule has 0 atom stereocenters. The van der Waals surface area contributed by atoms with Gasteiger partial charge in [0.2, 0.25) is 0 Å². The quantitative estimate of drug-likeness (QED) is 0.773. The van der Waals surface area contributed by atoms with Crippen molar-refractivity contribution in [2.45, 2.75) is 11.9 Å². The van der Waals surface area contributed by atoms with Gasteiger partial charge in [0, 0.05) is 5.02 Å². The number of rotatable bonds is 2. The van der Waals surface area contributed by atoms with Gasteiger partial charge in [-0.3, -0.25) is 0 Å². The van der Waals surface area contributed by atoms with Crippen LogP contribution in [0.3, 0.4) is 0 Å². The molecule has 0 amide bonds. The predicted octanol–water partition coefficient (Wildman–Crippen LogP) is 3.00. The second kappa shape index (κ2) is 3.91. The topological polar surface area (TPSA) is 27.1 Å². The summed E-state index contributed by atoms with van der Waals surface area (Å²) >= 11 is 11.9. The summed E-state index contributed by atoms with van der Waals surface area (Å²) in [4.78, 5) is 4.49. The fourth-order valence-electron chi connectivity index (χ4n) is 2.00. The molecule has 0 aliphatic carbocycles. The van der Waals surface area contributed by atoms with E-state index in [-0.39, 0.29) is 0 Å². The Morgan fingerprint density at radius 3 is 2.88 bits per heavy atom. The first-order valence-corrected chi connectivity index (χ1v) is 6.01. The third-order valence-corrected chi connectivity index (χ3v) is 3.30. The van der Waals surface area contributed by atoms with E-state index in [2.05, 4.69) is 9.55 Å². The van der Waals surface area contributed by atoms with Gasteiger partial charge < -0.3 is 9.30 Å². The normalized spacial score (nSPS) is 16.6. The molecular formula is C11H10Cl2N2O. The van der Waals surface area contributed by atoms with Gasteiger partial charge in [-0.15, -0.1) is 11.6 Å². The SMILES string of the molecule is ClCc1nc2cc(Cl)ccc2n1C1COC1.